The molecule has 1 aliphatic carbocycles. The summed E-state index contributed by atoms with van der Waals surface area (Å²) in [5, 5.41) is 6.14. The molecule has 5 rings (SSSR count). The standard InChI is InChI=1S/C25H26N4O3S/c1-24(2)15-27-22(30)19-9-4-16(14-20(19)24)21-10-13-26-23(29-21)28-18-7-5-17(6-8-18)25(11-12-25)33(3,31)32/h4-10,13-14H,11-12,15H2,1-3H3,(H,27,30)(H,26,28,29). The minimum Gasteiger partial charge on any atom is -0.351 e. The van der Waals surface area contributed by atoms with Crippen molar-refractivity contribution in [1.82, 2.24) is 15.3 Å². The third-order valence-electron chi connectivity index (χ3n) is 6.72. The fourth-order valence-electron chi connectivity index (χ4n) is 4.51. The summed E-state index contributed by atoms with van der Waals surface area (Å²) in [6, 6.07) is 15.1. The molecule has 0 atom stereocenters. The molecule has 1 fully saturated rings. The lowest BCUT2D eigenvalue weighted by molar-refractivity contribution is 0.0930. The molecule has 170 valence electrons. The van der Waals surface area contributed by atoms with Crippen LogP contribution in [0.1, 0.15) is 48.2 Å². The number of hydrogen-bond donors (Lipinski definition) is 2. The van der Waals surface area contributed by atoms with E-state index < -0.39 is 14.6 Å². The number of benzene rings is 2. The Morgan fingerprint density at radius 3 is 2.42 bits per heavy atom. The van der Waals surface area contributed by atoms with Gasteiger partial charge in [-0.2, -0.15) is 0 Å². The molecule has 1 amide bonds. The largest absolute Gasteiger partial charge is 0.351 e. The monoisotopic (exact) mass is 462 g/mol. The van der Waals surface area contributed by atoms with Crippen LogP contribution in [0.15, 0.2) is 54.7 Å². The second kappa shape index (κ2) is 7.38. The van der Waals surface area contributed by atoms with Gasteiger partial charge in [-0.1, -0.05) is 32.0 Å². The first-order valence-electron chi connectivity index (χ1n) is 10.9. The average molecular weight is 463 g/mol. The predicted molar refractivity (Wildman–Crippen MR) is 128 cm³/mol. The van der Waals surface area contributed by atoms with Gasteiger partial charge in [-0.25, -0.2) is 18.4 Å². The summed E-state index contributed by atoms with van der Waals surface area (Å²) in [6.07, 6.45) is 4.34. The minimum absolute atomic E-state index is 0.0479. The highest BCUT2D eigenvalue weighted by molar-refractivity contribution is 7.92. The number of carbonyl (C=O) groups is 1. The van der Waals surface area contributed by atoms with Crippen LogP contribution in [0.25, 0.3) is 11.3 Å². The second-order valence-corrected chi connectivity index (χ2v) is 11.9. The van der Waals surface area contributed by atoms with E-state index in [-0.39, 0.29) is 11.3 Å². The molecule has 2 heterocycles. The number of amides is 1. The molecule has 2 aliphatic rings. The van der Waals surface area contributed by atoms with Gasteiger partial charge in [-0.05, 0) is 54.3 Å². The van der Waals surface area contributed by atoms with Gasteiger partial charge in [-0.3, -0.25) is 4.79 Å². The van der Waals surface area contributed by atoms with Crippen molar-refractivity contribution in [2.24, 2.45) is 0 Å². The summed E-state index contributed by atoms with van der Waals surface area (Å²) in [5.41, 5.74) is 4.82. The normalized spacial score (nSPS) is 18.2. The molecule has 2 aromatic carbocycles. The van der Waals surface area contributed by atoms with Crippen molar-refractivity contribution in [3.63, 3.8) is 0 Å². The minimum atomic E-state index is -3.14. The Morgan fingerprint density at radius 2 is 1.76 bits per heavy atom. The first-order chi connectivity index (χ1) is 15.6. The van der Waals surface area contributed by atoms with Crippen LogP contribution in [0.2, 0.25) is 0 Å². The van der Waals surface area contributed by atoms with Crippen molar-refractivity contribution in [2.75, 3.05) is 18.1 Å². The number of rotatable bonds is 5. The Hall–Kier alpha value is -3.26. The van der Waals surface area contributed by atoms with Gasteiger partial charge in [0.2, 0.25) is 5.95 Å². The van der Waals surface area contributed by atoms with Crippen LogP contribution in [0.4, 0.5) is 11.6 Å². The van der Waals surface area contributed by atoms with Crippen molar-refractivity contribution in [3.8, 4) is 11.3 Å². The topological polar surface area (TPSA) is 101 Å². The molecule has 7 nitrogen and oxygen atoms in total. The Kier molecular flexibility index (Phi) is 4.83. The summed E-state index contributed by atoms with van der Waals surface area (Å²) >= 11 is 0. The molecule has 0 saturated heterocycles. The average Bonchev–Trinajstić information content (AvgIpc) is 3.60. The van der Waals surface area contributed by atoms with E-state index in [9.17, 15) is 13.2 Å². The molecule has 1 aliphatic heterocycles. The van der Waals surface area contributed by atoms with Crippen LogP contribution in [0, 0.1) is 0 Å². The summed E-state index contributed by atoms with van der Waals surface area (Å²) in [5.74, 6) is 0.396. The van der Waals surface area contributed by atoms with E-state index in [0.717, 1.165) is 28.1 Å². The van der Waals surface area contributed by atoms with Crippen LogP contribution in [-0.4, -0.2) is 37.1 Å². The van der Waals surface area contributed by atoms with Crippen LogP contribution in [-0.2, 0) is 20.0 Å². The highest BCUT2D eigenvalue weighted by Crippen LogP contribution is 2.52. The van der Waals surface area contributed by atoms with E-state index in [1.54, 1.807) is 6.20 Å². The third-order valence-corrected chi connectivity index (χ3v) is 8.78. The number of fused-ring (bicyclic) bond motifs is 1. The summed E-state index contributed by atoms with van der Waals surface area (Å²) in [4.78, 5) is 21.2. The Morgan fingerprint density at radius 1 is 1.03 bits per heavy atom. The lowest BCUT2D eigenvalue weighted by atomic mass is 9.78. The van der Waals surface area contributed by atoms with Gasteiger partial charge in [-0.15, -0.1) is 0 Å². The fraction of sp³-hybridized carbons (Fsp3) is 0.320. The molecule has 3 aromatic rings. The van der Waals surface area contributed by atoms with Gasteiger partial charge in [0, 0.05) is 41.2 Å². The molecule has 2 N–H and O–H groups in total. The Bertz CT molecular complexity index is 1360. The van der Waals surface area contributed by atoms with Gasteiger partial charge in [0.05, 0.1) is 10.4 Å². The van der Waals surface area contributed by atoms with Gasteiger partial charge >= 0.3 is 0 Å². The number of nitrogens with zero attached hydrogens (tertiary/aromatic N) is 2. The third kappa shape index (κ3) is 3.78. The van der Waals surface area contributed by atoms with Crippen LogP contribution in [0.5, 0.6) is 0 Å². The fourth-order valence-corrected chi connectivity index (χ4v) is 5.91. The van der Waals surface area contributed by atoms with Gasteiger partial charge in [0.15, 0.2) is 9.84 Å². The van der Waals surface area contributed by atoms with Crippen molar-refractivity contribution in [3.05, 3.63) is 71.4 Å². The molecular formula is C25H26N4O3S. The van der Waals surface area contributed by atoms with E-state index in [4.69, 9.17) is 0 Å². The zero-order chi connectivity index (χ0) is 23.4. The molecule has 33 heavy (non-hydrogen) atoms. The smallest absolute Gasteiger partial charge is 0.251 e. The van der Waals surface area contributed by atoms with Crippen molar-refractivity contribution >= 4 is 27.4 Å². The number of carbonyl (C=O) groups excluding carboxylic acids is 1. The quantitative estimate of drug-likeness (QED) is 0.596. The Labute approximate surface area is 193 Å². The van der Waals surface area contributed by atoms with E-state index in [1.807, 2.05) is 48.5 Å². The number of nitrogens with one attached hydrogen (secondary N) is 2. The number of aromatic nitrogens is 2. The maximum atomic E-state index is 12.2. The molecule has 0 unspecified atom stereocenters. The molecule has 1 saturated carbocycles. The maximum absolute atomic E-state index is 12.2. The highest BCUT2D eigenvalue weighted by Gasteiger charge is 2.53. The summed E-state index contributed by atoms with van der Waals surface area (Å²) in [7, 11) is -3.14. The molecular weight excluding hydrogens is 436 g/mol. The van der Waals surface area contributed by atoms with Crippen molar-refractivity contribution in [2.45, 2.75) is 36.9 Å². The van der Waals surface area contributed by atoms with Crippen LogP contribution in [0.3, 0.4) is 0 Å². The molecule has 0 bridgehead atoms. The SMILES string of the molecule is CC1(C)CNC(=O)c2ccc(-c3ccnc(Nc4ccc(C5(S(C)(=O)=O)CC5)cc4)n3)cc21. The van der Waals surface area contributed by atoms with Crippen LogP contribution >= 0.6 is 0 Å². The molecule has 1 aromatic heterocycles. The number of hydrogen-bond acceptors (Lipinski definition) is 6. The Balaban J connectivity index is 1.40. The molecule has 0 spiro atoms. The maximum Gasteiger partial charge on any atom is 0.251 e. The second-order valence-electron chi connectivity index (χ2n) is 9.56. The van der Waals surface area contributed by atoms with Gasteiger partial charge < -0.3 is 10.6 Å². The molecule has 0 radical (unpaired) electrons. The summed E-state index contributed by atoms with van der Waals surface area (Å²) < 4.78 is 23.6. The first kappa shape index (κ1) is 21.6. The first-order valence-corrected chi connectivity index (χ1v) is 12.8. The zero-order valence-electron chi connectivity index (χ0n) is 18.8. The summed E-state index contributed by atoms with van der Waals surface area (Å²) in [6.45, 7) is 4.82. The highest BCUT2D eigenvalue weighted by atomic mass is 32.2. The lowest BCUT2D eigenvalue weighted by Gasteiger charge is -2.32. The zero-order valence-corrected chi connectivity index (χ0v) is 19.7. The van der Waals surface area contributed by atoms with E-state index >= 15 is 0 Å². The van der Waals surface area contributed by atoms with Crippen molar-refractivity contribution in [1.29, 1.82) is 0 Å². The van der Waals surface area contributed by atoms with E-state index in [1.165, 1.54) is 6.26 Å². The number of sulfone groups is 1. The van der Waals surface area contributed by atoms with E-state index in [0.29, 0.717) is 30.9 Å². The predicted octanol–water partition coefficient (Wildman–Crippen LogP) is 3.94. The van der Waals surface area contributed by atoms with Gasteiger partial charge in [0.25, 0.3) is 5.91 Å². The lowest BCUT2D eigenvalue weighted by Crippen LogP contribution is -2.43. The molecule has 8 heteroatoms. The number of anilines is 2. The van der Waals surface area contributed by atoms with Gasteiger partial charge in [0.1, 0.15) is 0 Å². The van der Waals surface area contributed by atoms with Crippen molar-refractivity contribution < 1.29 is 13.2 Å². The van der Waals surface area contributed by atoms with E-state index in [2.05, 4.69) is 34.4 Å². The van der Waals surface area contributed by atoms with Crippen LogP contribution < -0.4 is 10.6 Å².